The number of likely N-dealkylation sites (N-methyl/N-ethyl adjacent to an activating group) is 1. The third-order valence-corrected chi connectivity index (χ3v) is 6.32. The number of β-lactam (4-membered cyclic amide) rings is 1. The summed E-state index contributed by atoms with van der Waals surface area (Å²) in [6, 6.07) is 8.35. The summed E-state index contributed by atoms with van der Waals surface area (Å²) < 4.78 is 5.13. The van der Waals surface area contributed by atoms with Gasteiger partial charge >= 0.3 is 12.1 Å². The molecular weight excluding hydrogens is 436 g/mol. The Hall–Kier alpha value is -3.05. The summed E-state index contributed by atoms with van der Waals surface area (Å²) in [6.45, 7) is 0.793. The molecule has 0 aliphatic carbocycles. The lowest BCUT2D eigenvalue weighted by Gasteiger charge is -2.49. The number of ether oxygens (including phenoxy) is 1. The number of carboxylic acid groups (broad SMARTS) is 1. The van der Waals surface area contributed by atoms with Gasteiger partial charge in [-0.15, -0.1) is 11.8 Å². The fourth-order valence-electron chi connectivity index (χ4n) is 3.39. The van der Waals surface area contributed by atoms with Crippen LogP contribution in [0.15, 0.2) is 41.6 Å². The van der Waals surface area contributed by atoms with E-state index in [1.54, 1.807) is 0 Å². The molecule has 2 aliphatic heterocycles. The Morgan fingerprint density at radius 1 is 1.25 bits per heavy atom. The van der Waals surface area contributed by atoms with Crippen molar-refractivity contribution in [2.75, 3.05) is 39.5 Å². The van der Waals surface area contributed by atoms with Gasteiger partial charge < -0.3 is 25.4 Å². The monoisotopic (exact) mass is 462 g/mol. The van der Waals surface area contributed by atoms with Gasteiger partial charge in [0, 0.05) is 24.4 Å². The van der Waals surface area contributed by atoms with Gasteiger partial charge in [0.15, 0.2) is 0 Å². The number of hydrogen-bond acceptors (Lipinski definition) is 7. The Labute approximate surface area is 190 Å². The smallest absolute Gasteiger partial charge is 0.407 e. The highest BCUT2D eigenvalue weighted by Gasteiger charge is 2.54. The van der Waals surface area contributed by atoms with Crippen LogP contribution in [0.2, 0.25) is 0 Å². The molecule has 2 heterocycles. The standard InChI is InChI=1S/C21H26N4O6S/c1-24(2)9-8-22-21(30)31-11-14-12-32-19-16(18(27)25(19)17(14)20(28)29)23-15(26)10-13-6-4-3-5-7-13/h3-7,16,19H,8-12H2,1-2H3,(H,22,30)(H,23,26)(H,28,29). The Balaban J connectivity index is 1.59. The third-order valence-electron chi connectivity index (χ3n) is 4.98. The van der Waals surface area contributed by atoms with E-state index in [9.17, 15) is 24.3 Å². The number of fused-ring (bicyclic) bond motifs is 1. The Kier molecular flexibility index (Phi) is 7.75. The van der Waals surface area contributed by atoms with Gasteiger partial charge in [0.2, 0.25) is 5.91 Å². The number of amides is 3. The number of rotatable bonds is 9. The molecule has 3 amide bonds. The zero-order valence-corrected chi connectivity index (χ0v) is 18.7. The van der Waals surface area contributed by atoms with E-state index < -0.39 is 29.4 Å². The lowest BCUT2D eigenvalue weighted by atomic mass is 10.0. The van der Waals surface area contributed by atoms with Crippen molar-refractivity contribution in [3.05, 3.63) is 47.2 Å². The Morgan fingerprint density at radius 2 is 1.97 bits per heavy atom. The fourth-order valence-corrected chi connectivity index (χ4v) is 4.71. The molecule has 11 heteroatoms. The molecule has 32 heavy (non-hydrogen) atoms. The van der Waals surface area contributed by atoms with Gasteiger partial charge in [0.25, 0.3) is 5.91 Å². The van der Waals surface area contributed by atoms with Crippen molar-refractivity contribution in [2.45, 2.75) is 17.8 Å². The first-order valence-corrected chi connectivity index (χ1v) is 11.1. The number of nitrogens with one attached hydrogen (secondary N) is 2. The van der Waals surface area contributed by atoms with Gasteiger partial charge in [-0.2, -0.15) is 0 Å². The lowest BCUT2D eigenvalue weighted by molar-refractivity contribution is -0.150. The van der Waals surface area contributed by atoms with Crippen LogP contribution in [-0.4, -0.2) is 89.7 Å². The maximum absolute atomic E-state index is 12.7. The zero-order valence-electron chi connectivity index (χ0n) is 17.9. The van der Waals surface area contributed by atoms with Crippen LogP contribution in [0.3, 0.4) is 0 Å². The van der Waals surface area contributed by atoms with E-state index in [2.05, 4.69) is 10.6 Å². The predicted molar refractivity (Wildman–Crippen MR) is 118 cm³/mol. The van der Waals surface area contributed by atoms with Crippen LogP contribution in [0.25, 0.3) is 0 Å². The number of carbonyl (C=O) groups excluding carboxylic acids is 3. The van der Waals surface area contributed by atoms with E-state index in [-0.39, 0.29) is 30.4 Å². The van der Waals surface area contributed by atoms with Crippen LogP contribution < -0.4 is 10.6 Å². The maximum atomic E-state index is 12.7. The van der Waals surface area contributed by atoms with Crippen LogP contribution in [0.4, 0.5) is 4.79 Å². The molecule has 3 N–H and O–H groups in total. The fraction of sp³-hybridized carbons (Fsp3) is 0.429. The highest BCUT2D eigenvalue weighted by atomic mass is 32.2. The molecule has 0 radical (unpaired) electrons. The SMILES string of the molecule is CN(C)CCNC(=O)OCC1=C(C(=O)O)N2C(=O)C(NC(=O)Cc3ccccc3)C2SC1. The molecule has 2 atom stereocenters. The number of carboxylic acids is 1. The first-order chi connectivity index (χ1) is 15.3. The van der Waals surface area contributed by atoms with Gasteiger partial charge in [-0.25, -0.2) is 9.59 Å². The summed E-state index contributed by atoms with van der Waals surface area (Å²) in [5.41, 5.74) is 0.969. The molecule has 0 spiro atoms. The average molecular weight is 463 g/mol. The van der Waals surface area contributed by atoms with E-state index >= 15 is 0 Å². The number of aliphatic carboxylic acids is 1. The number of carbonyl (C=O) groups is 4. The number of nitrogens with zero attached hydrogens (tertiary/aromatic N) is 2. The van der Waals surface area contributed by atoms with E-state index in [1.807, 2.05) is 49.3 Å². The maximum Gasteiger partial charge on any atom is 0.407 e. The quantitative estimate of drug-likeness (QED) is 0.446. The molecule has 0 aromatic heterocycles. The topological polar surface area (TPSA) is 128 Å². The first-order valence-electron chi connectivity index (χ1n) is 10.1. The Bertz CT molecular complexity index is 920. The second-order valence-electron chi connectivity index (χ2n) is 7.68. The second-order valence-corrected chi connectivity index (χ2v) is 8.79. The molecule has 1 aromatic carbocycles. The van der Waals surface area contributed by atoms with E-state index in [0.29, 0.717) is 18.7 Å². The van der Waals surface area contributed by atoms with Crippen LogP contribution in [0.1, 0.15) is 5.56 Å². The molecule has 0 bridgehead atoms. The van der Waals surface area contributed by atoms with E-state index in [0.717, 1.165) is 10.5 Å². The summed E-state index contributed by atoms with van der Waals surface area (Å²) in [7, 11) is 3.74. The number of benzene rings is 1. The van der Waals surface area contributed by atoms with Crippen molar-refractivity contribution in [1.29, 1.82) is 0 Å². The molecule has 2 aliphatic rings. The van der Waals surface area contributed by atoms with Crippen LogP contribution >= 0.6 is 11.8 Å². The number of hydrogen-bond donors (Lipinski definition) is 3. The first kappa shape index (κ1) is 23.6. The second kappa shape index (κ2) is 10.5. The van der Waals surface area contributed by atoms with Crippen molar-refractivity contribution >= 4 is 35.6 Å². The predicted octanol–water partition coefficient (Wildman–Crippen LogP) is 0.256. The zero-order chi connectivity index (χ0) is 23.3. The van der Waals surface area contributed by atoms with E-state index in [1.165, 1.54) is 11.8 Å². The molecule has 1 aromatic rings. The highest BCUT2D eigenvalue weighted by molar-refractivity contribution is 8.00. The summed E-state index contributed by atoms with van der Waals surface area (Å²) in [5, 5.41) is 14.4. The molecule has 1 fully saturated rings. The minimum Gasteiger partial charge on any atom is -0.477 e. The Morgan fingerprint density at radius 3 is 2.62 bits per heavy atom. The van der Waals surface area contributed by atoms with Crippen molar-refractivity contribution in [1.82, 2.24) is 20.4 Å². The van der Waals surface area contributed by atoms with Gasteiger partial charge in [-0.1, -0.05) is 30.3 Å². The largest absolute Gasteiger partial charge is 0.477 e. The average Bonchev–Trinajstić information content (AvgIpc) is 2.75. The molecule has 0 saturated carbocycles. The van der Waals surface area contributed by atoms with Crippen molar-refractivity contribution in [3.8, 4) is 0 Å². The molecule has 10 nitrogen and oxygen atoms in total. The van der Waals surface area contributed by atoms with Gasteiger partial charge in [0.1, 0.15) is 23.7 Å². The summed E-state index contributed by atoms with van der Waals surface area (Å²) in [5.74, 6) is -1.80. The molecular formula is C21H26N4O6S. The van der Waals surface area contributed by atoms with Crippen molar-refractivity contribution in [3.63, 3.8) is 0 Å². The molecule has 1 saturated heterocycles. The number of thioether (sulfide) groups is 1. The van der Waals surface area contributed by atoms with Crippen LogP contribution in [0, 0.1) is 0 Å². The number of alkyl carbamates (subject to hydrolysis) is 1. The summed E-state index contributed by atoms with van der Waals surface area (Å²) in [6.07, 6.45) is -0.525. The normalized spacial score (nSPS) is 19.8. The lowest BCUT2D eigenvalue weighted by Crippen LogP contribution is -2.70. The van der Waals surface area contributed by atoms with Crippen LogP contribution in [-0.2, 0) is 25.5 Å². The van der Waals surface area contributed by atoms with Crippen LogP contribution in [0.5, 0.6) is 0 Å². The minimum atomic E-state index is -1.27. The van der Waals surface area contributed by atoms with Gasteiger partial charge in [-0.05, 0) is 19.7 Å². The minimum absolute atomic E-state index is 0.131. The van der Waals surface area contributed by atoms with E-state index in [4.69, 9.17) is 4.74 Å². The third kappa shape index (κ3) is 5.60. The summed E-state index contributed by atoms with van der Waals surface area (Å²) >= 11 is 1.33. The molecule has 3 rings (SSSR count). The highest BCUT2D eigenvalue weighted by Crippen LogP contribution is 2.40. The molecule has 2 unspecified atom stereocenters. The molecule has 172 valence electrons. The summed E-state index contributed by atoms with van der Waals surface area (Å²) in [4.78, 5) is 51.7. The van der Waals surface area contributed by atoms with Gasteiger partial charge in [-0.3, -0.25) is 14.5 Å². The van der Waals surface area contributed by atoms with Crippen molar-refractivity contribution < 1.29 is 29.0 Å². The van der Waals surface area contributed by atoms with Crippen molar-refractivity contribution in [2.24, 2.45) is 0 Å². The van der Waals surface area contributed by atoms with Gasteiger partial charge in [0.05, 0.1) is 6.42 Å².